The van der Waals surface area contributed by atoms with E-state index < -0.39 is 0 Å². The van der Waals surface area contributed by atoms with E-state index in [0.717, 1.165) is 38.8 Å². The minimum atomic E-state index is -0.197. The van der Waals surface area contributed by atoms with E-state index in [0.29, 0.717) is 6.42 Å². The van der Waals surface area contributed by atoms with Crippen LogP contribution >= 0.6 is 0 Å². The van der Waals surface area contributed by atoms with E-state index in [1.807, 2.05) is 4.90 Å². The van der Waals surface area contributed by atoms with Crippen molar-refractivity contribution < 1.29 is 9.53 Å². The first-order valence-corrected chi connectivity index (χ1v) is 6.22. The Balaban J connectivity index is 1.84. The summed E-state index contributed by atoms with van der Waals surface area (Å²) < 4.78 is 5.32. The highest BCUT2D eigenvalue weighted by Crippen LogP contribution is 2.32. The van der Waals surface area contributed by atoms with E-state index in [4.69, 9.17) is 10.5 Å². The molecule has 2 aliphatic rings. The van der Waals surface area contributed by atoms with Crippen LogP contribution in [0.2, 0.25) is 0 Å². The molecule has 1 heterocycles. The second-order valence-electron chi connectivity index (χ2n) is 5.23. The minimum Gasteiger partial charge on any atom is -0.380 e. The van der Waals surface area contributed by atoms with Crippen molar-refractivity contribution in [3.05, 3.63) is 0 Å². The number of carbonyl (C=O) groups excluding carboxylic acids is 1. The molecule has 0 bridgehead atoms. The van der Waals surface area contributed by atoms with Crippen molar-refractivity contribution in [2.45, 2.75) is 50.2 Å². The summed E-state index contributed by atoms with van der Waals surface area (Å²) in [7, 11) is 1.72. The molecule has 4 nitrogen and oxygen atoms in total. The van der Waals surface area contributed by atoms with Crippen LogP contribution in [0, 0.1) is 0 Å². The Hall–Kier alpha value is -0.610. The molecule has 1 saturated heterocycles. The number of hydrogen-bond acceptors (Lipinski definition) is 3. The molecule has 1 unspecified atom stereocenters. The molecule has 0 aromatic heterocycles. The standard InChI is InChI=1S/C12H22N2O2/c1-16-10-4-2-7-14(9-10)11(15)8-12(13)5-3-6-12/h10H,2-9,13H2,1H3. The van der Waals surface area contributed by atoms with E-state index in [1.54, 1.807) is 7.11 Å². The second-order valence-corrected chi connectivity index (χ2v) is 5.23. The van der Waals surface area contributed by atoms with Gasteiger partial charge in [-0.15, -0.1) is 0 Å². The smallest absolute Gasteiger partial charge is 0.224 e. The molecule has 2 N–H and O–H groups in total. The lowest BCUT2D eigenvalue weighted by atomic mass is 9.75. The van der Waals surface area contributed by atoms with Gasteiger partial charge in [0.15, 0.2) is 0 Å². The Bertz CT molecular complexity index is 264. The number of carbonyl (C=O) groups is 1. The zero-order chi connectivity index (χ0) is 11.6. The van der Waals surface area contributed by atoms with Crippen molar-refractivity contribution in [1.29, 1.82) is 0 Å². The van der Waals surface area contributed by atoms with Crippen molar-refractivity contribution in [3.63, 3.8) is 0 Å². The molecule has 1 aliphatic carbocycles. The van der Waals surface area contributed by atoms with Crippen LogP contribution in [-0.4, -0.2) is 42.6 Å². The summed E-state index contributed by atoms with van der Waals surface area (Å²) in [5.41, 5.74) is 5.90. The maximum absolute atomic E-state index is 12.1. The number of methoxy groups -OCH3 is 1. The number of rotatable bonds is 3. The molecule has 1 amide bonds. The van der Waals surface area contributed by atoms with E-state index in [2.05, 4.69) is 0 Å². The molecule has 0 aromatic rings. The van der Waals surface area contributed by atoms with Crippen LogP contribution in [0.15, 0.2) is 0 Å². The third-order valence-corrected chi connectivity index (χ3v) is 3.92. The van der Waals surface area contributed by atoms with Crippen LogP contribution in [0.1, 0.15) is 38.5 Å². The van der Waals surface area contributed by atoms with E-state index in [1.165, 1.54) is 6.42 Å². The van der Waals surface area contributed by atoms with Gasteiger partial charge in [-0.2, -0.15) is 0 Å². The van der Waals surface area contributed by atoms with E-state index in [-0.39, 0.29) is 17.6 Å². The van der Waals surface area contributed by atoms with Crippen LogP contribution in [0.5, 0.6) is 0 Å². The summed E-state index contributed by atoms with van der Waals surface area (Å²) >= 11 is 0. The Kier molecular flexibility index (Phi) is 3.50. The highest BCUT2D eigenvalue weighted by atomic mass is 16.5. The third kappa shape index (κ3) is 2.55. The largest absolute Gasteiger partial charge is 0.380 e. The van der Waals surface area contributed by atoms with Crippen molar-refractivity contribution in [2.75, 3.05) is 20.2 Å². The Labute approximate surface area is 97.1 Å². The van der Waals surface area contributed by atoms with Gasteiger partial charge in [0.2, 0.25) is 5.91 Å². The van der Waals surface area contributed by atoms with Gasteiger partial charge < -0.3 is 15.4 Å². The molecule has 1 saturated carbocycles. The predicted molar refractivity (Wildman–Crippen MR) is 62.0 cm³/mol. The average Bonchev–Trinajstić information content (AvgIpc) is 2.27. The number of piperidine rings is 1. The second kappa shape index (κ2) is 4.72. The fraction of sp³-hybridized carbons (Fsp3) is 0.917. The number of hydrogen-bond donors (Lipinski definition) is 1. The van der Waals surface area contributed by atoms with Crippen LogP contribution < -0.4 is 5.73 Å². The molecule has 0 radical (unpaired) electrons. The summed E-state index contributed by atoms with van der Waals surface area (Å²) in [5.74, 6) is 0.212. The summed E-state index contributed by atoms with van der Waals surface area (Å²) in [5, 5.41) is 0. The molecule has 1 atom stereocenters. The topological polar surface area (TPSA) is 55.6 Å². The lowest BCUT2D eigenvalue weighted by Gasteiger charge is -2.40. The number of amides is 1. The number of nitrogens with two attached hydrogens (primary N) is 1. The molecule has 2 fully saturated rings. The first kappa shape index (κ1) is 11.9. The Morgan fingerprint density at radius 3 is 2.81 bits per heavy atom. The number of likely N-dealkylation sites (tertiary alicyclic amines) is 1. The summed E-state index contributed by atoms with van der Waals surface area (Å²) in [4.78, 5) is 14.0. The van der Waals surface area contributed by atoms with Gasteiger partial charge in [0.25, 0.3) is 0 Å². The van der Waals surface area contributed by atoms with Gasteiger partial charge in [-0.1, -0.05) is 0 Å². The molecular weight excluding hydrogens is 204 g/mol. The van der Waals surface area contributed by atoms with Gasteiger partial charge >= 0.3 is 0 Å². The first-order chi connectivity index (χ1) is 7.63. The van der Waals surface area contributed by atoms with Gasteiger partial charge in [-0.05, 0) is 32.1 Å². The molecular formula is C12H22N2O2. The van der Waals surface area contributed by atoms with Crippen LogP contribution in [0.3, 0.4) is 0 Å². The first-order valence-electron chi connectivity index (χ1n) is 6.22. The normalized spacial score (nSPS) is 28.6. The predicted octanol–water partition coefficient (Wildman–Crippen LogP) is 0.895. The van der Waals surface area contributed by atoms with Gasteiger partial charge in [-0.3, -0.25) is 4.79 Å². The zero-order valence-corrected chi connectivity index (χ0v) is 10.1. The van der Waals surface area contributed by atoms with E-state index >= 15 is 0 Å². The van der Waals surface area contributed by atoms with Gasteiger partial charge in [0, 0.05) is 32.2 Å². The monoisotopic (exact) mass is 226 g/mol. The lowest BCUT2D eigenvalue weighted by molar-refractivity contribution is -0.136. The van der Waals surface area contributed by atoms with Gasteiger partial charge in [-0.25, -0.2) is 0 Å². The summed E-state index contributed by atoms with van der Waals surface area (Å²) in [6, 6.07) is 0. The van der Waals surface area contributed by atoms with Crippen LogP contribution in [0.4, 0.5) is 0 Å². The fourth-order valence-electron chi connectivity index (χ4n) is 2.58. The zero-order valence-electron chi connectivity index (χ0n) is 10.1. The number of nitrogens with zero attached hydrogens (tertiary/aromatic N) is 1. The van der Waals surface area contributed by atoms with Crippen LogP contribution in [-0.2, 0) is 9.53 Å². The minimum absolute atomic E-state index is 0.197. The molecule has 1 aliphatic heterocycles. The highest BCUT2D eigenvalue weighted by molar-refractivity contribution is 5.77. The van der Waals surface area contributed by atoms with Crippen molar-refractivity contribution >= 4 is 5.91 Å². The van der Waals surface area contributed by atoms with Crippen LogP contribution in [0.25, 0.3) is 0 Å². The van der Waals surface area contributed by atoms with Crippen molar-refractivity contribution in [3.8, 4) is 0 Å². The van der Waals surface area contributed by atoms with Crippen molar-refractivity contribution in [2.24, 2.45) is 5.73 Å². The Morgan fingerprint density at radius 1 is 1.50 bits per heavy atom. The highest BCUT2D eigenvalue weighted by Gasteiger charge is 2.36. The maximum atomic E-state index is 12.1. The summed E-state index contributed by atoms with van der Waals surface area (Å²) in [6.45, 7) is 1.61. The quantitative estimate of drug-likeness (QED) is 0.777. The molecule has 2 rings (SSSR count). The lowest BCUT2D eigenvalue weighted by Crippen LogP contribution is -2.52. The molecule has 4 heteroatoms. The molecule has 0 spiro atoms. The van der Waals surface area contributed by atoms with Gasteiger partial charge in [0.05, 0.1) is 6.10 Å². The average molecular weight is 226 g/mol. The Morgan fingerprint density at radius 2 is 2.25 bits per heavy atom. The SMILES string of the molecule is COC1CCCN(C(=O)CC2(N)CCC2)C1. The third-order valence-electron chi connectivity index (χ3n) is 3.92. The molecule has 92 valence electrons. The fourth-order valence-corrected chi connectivity index (χ4v) is 2.58. The molecule has 0 aromatic carbocycles. The van der Waals surface area contributed by atoms with E-state index in [9.17, 15) is 4.79 Å². The maximum Gasteiger partial charge on any atom is 0.224 e. The molecule has 16 heavy (non-hydrogen) atoms. The van der Waals surface area contributed by atoms with Gasteiger partial charge in [0.1, 0.15) is 0 Å². The summed E-state index contributed by atoms with van der Waals surface area (Å²) in [6.07, 6.45) is 6.01. The number of ether oxygens (including phenoxy) is 1. The van der Waals surface area contributed by atoms with Crippen molar-refractivity contribution in [1.82, 2.24) is 4.90 Å².